The van der Waals surface area contributed by atoms with E-state index in [9.17, 15) is 14.4 Å². The van der Waals surface area contributed by atoms with E-state index >= 15 is 0 Å². The van der Waals surface area contributed by atoms with E-state index in [0.29, 0.717) is 36.3 Å². The fourth-order valence-corrected chi connectivity index (χ4v) is 5.02. The van der Waals surface area contributed by atoms with Crippen molar-refractivity contribution in [1.82, 2.24) is 5.32 Å². The molecule has 1 heterocycles. The molecular weight excluding hydrogens is 432 g/mol. The van der Waals surface area contributed by atoms with E-state index in [-0.39, 0.29) is 11.7 Å². The van der Waals surface area contributed by atoms with Crippen molar-refractivity contribution in [3.8, 4) is 0 Å². The van der Waals surface area contributed by atoms with Crippen LogP contribution in [-0.2, 0) is 23.9 Å². The summed E-state index contributed by atoms with van der Waals surface area (Å²) < 4.78 is 10.5. The fourth-order valence-electron chi connectivity index (χ4n) is 5.02. The summed E-state index contributed by atoms with van der Waals surface area (Å²) in [7, 11) is 1.30. The Morgan fingerprint density at radius 1 is 1.12 bits per heavy atom. The quantitative estimate of drug-likeness (QED) is 0.454. The highest BCUT2D eigenvalue weighted by atomic mass is 16.5. The monoisotopic (exact) mass is 468 g/mol. The molecule has 0 saturated heterocycles. The lowest BCUT2D eigenvalue weighted by molar-refractivity contribution is -0.151. The average molecular weight is 469 g/mol. The van der Waals surface area contributed by atoms with Crippen molar-refractivity contribution in [3.63, 3.8) is 0 Å². The molecule has 0 amide bonds. The molecule has 3 rings (SSSR count). The number of benzene rings is 1. The molecule has 184 valence electrons. The van der Waals surface area contributed by atoms with Crippen molar-refractivity contribution < 1.29 is 23.9 Å². The van der Waals surface area contributed by atoms with Crippen LogP contribution in [0.15, 0.2) is 46.8 Å². The molecule has 7 heteroatoms. The van der Waals surface area contributed by atoms with E-state index in [1.54, 1.807) is 0 Å². The van der Waals surface area contributed by atoms with E-state index < -0.39 is 23.8 Å². The minimum atomic E-state index is -0.894. The van der Waals surface area contributed by atoms with E-state index in [4.69, 9.17) is 9.47 Å². The Bertz CT molecular complexity index is 1000. The minimum Gasteiger partial charge on any atom is -0.468 e. The van der Waals surface area contributed by atoms with Crippen LogP contribution in [0.3, 0.4) is 0 Å². The first-order valence-electron chi connectivity index (χ1n) is 12.1. The molecular formula is C27H36N2O5. The molecule has 1 aliphatic carbocycles. The van der Waals surface area contributed by atoms with Gasteiger partial charge in [-0.2, -0.15) is 0 Å². The Hall–Kier alpha value is -3.09. The van der Waals surface area contributed by atoms with Crippen LogP contribution < -0.4 is 10.2 Å². The molecule has 1 N–H and O–H groups in total. The third-order valence-electron chi connectivity index (χ3n) is 6.76. The van der Waals surface area contributed by atoms with Gasteiger partial charge in [0, 0.05) is 41.7 Å². The number of carbonyl (C=O) groups is 3. The number of nitrogens with one attached hydrogen (secondary N) is 1. The zero-order chi connectivity index (χ0) is 25.0. The second-order valence-electron chi connectivity index (χ2n) is 8.94. The molecule has 0 spiro atoms. The van der Waals surface area contributed by atoms with Crippen molar-refractivity contribution in [3.05, 3.63) is 52.4 Å². The lowest BCUT2D eigenvalue weighted by Crippen LogP contribution is -2.43. The predicted octanol–water partition coefficient (Wildman–Crippen LogP) is 4.10. The molecule has 0 bridgehead atoms. The van der Waals surface area contributed by atoms with Crippen LogP contribution in [0.2, 0.25) is 0 Å². The smallest absolute Gasteiger partial charge is 0.336 e. The van der Waals surface area contributed by atoms with Gasteiger partial charge in [-0.05, 0) is 57.2 Å². The second kappa shape index (κ2) is 10.9. The van der Waals surface area contributed by atoms with Gasteiger partial charge >= 0.3 is 11.9 Å². The van der Waals surface area contributed by atoms with Crippen molar-refractivity contribution in [1.29, 1.82) is 0 Å². The third kappa shape index (κ3) is 4.74. The zero-order valence-corrected chi connectivity index (χ0v) is 21.1. The second-order valence-corrected chi connectivity index (χ2v) is 8.94. The number of dihydropyridines is 1. The number of carbonyl (C=O) groups excluding carboxylic acids is 3. The SMILES string of the molecule is CCCOC(=O)C1=C(C)NC2=C(C(=O)[C@H](C(=O)OC)[C@H](C)C2)[C@@H]1c1ccc(N(CC)CC)cc1. The van der Waals surface area contributed by atoms with Gasteiger partial charge in [-0.25, -0.2) is 4.79 Å². The maximum atomic E-state index is 13.7. The topological polar surface area (TPSA) is 84.9 Å². The van der Waals surface area contributed by atoms with Gasteiger partial charge in [0.25, 0.3) is 0 Å². The van der Waals surface area contributed by atoms with Crippen LogP contribution in [0.25, 0.3) is 0 Å². The minimum absolute atomic E-state index is 0.210. The molecule has 0 radical (unpaired) electrons. The summed E-state index contributed by atoms with van der Waals surface area (Å²) in [5.41, 5.74) is 4.20. The summed E-state index contributed by atoms with van der Waals surface area (Å²) in [6.45, 7) is 11.9. The number of ketones is 1. The van der Waals surface area contributed by atoms with Gasteiger partial charge < -0.3 is 19.7 Å². The number of Topliss-reactive ketones (excluding diaryl/α,β-unsaturated/α-hetero) is 1. The molecule has 2 aliphatic rings. The Balaban J connectivity index is 2.13. The molecule has 1 aliphatic heterocycles. The number of hydrogen-bond donors (Lipinski definition) is 1. The molecule has 0 unspecified atom stereocenters. The number of hydrogen-bond acceptors (Lipinski definition) is 7. The normalized spacial score (nSPS) is 22.2. The number of methoxy groups -OCH3 is 1. The first-order valence-corrected chi connectivity index (χ1v) is 12.1. The average Bonchev–Trinajstić information content (AvgIpc) is 2.82. The molecule has 1 aromatic rings. The first-order chi connectivity index (χ1) is 16.3. The molecule has 0 aromatic heterocycles. The molecule has 7 nitrogen and oxygen atoms in total. The van der Waals surface area contributed by atoms with Gasteiger partial charge in [-0.3, -0.25) is 9.59 Å². The van der Waals surface area contributed by atoms with Crippen LogP contribution in [0.4, 0.5) is 5.69 Å². The van der Waals surface area contributed by atoms with Gasteiger partial charge in [0.05, 0.1) is 19.3 Å². The van der Waals surface area contributed by atoms with E-state index in [1.165, 1.54) is 7.11 Å². The Kier molecular flexibility index (Phi) is 8.18. The van der Waals surface area contributed by atoms with E-state index in [2.05, 4.69) is 24.1 Å². The third-order valence-corrected chi connectivity index (χ3v) is 6.76. The molecule has 0 fully saturated rings. The van der Waals surface area contributed by atoms with E-state index in [0.717, 1.165) is 30.0 Å². The highest BCUT2D eigenvalue weighted by Gasteiger charge is 2.47. The van der Waals surface area contributed by atoms with Crippen LogP contribution >= 0.6 is 0 Å². The zero-order valence-electron chi connectivity index (χ0n) is 21.1. The van der Waals surface area contributed by atoms with E-state index in [1.807, 2.05) is 45.0 Å². The lowest BCUT2D eigenvalue weighted by Gasteiger charge is -2.38. The Morgan fingerprint density at radius 2 is 1.76 bits per heavy atom. The largest absolute Gasteiger partial charge is 0.468 e. The summed E-state index contributed by atoms with van der Waals surface area (Å²) in [4.78, 5) is 41.7. The van der Waals surface area contributed by atoms with Crippen LogP contribution in [0, 0.1) is 11.8 Å². The van der Waals surface area contributed by atoms with Crippen molar-refractivity contribution >= 4 is 23.4 Å². The van der Waals surface area contributed by atoms with Gasteiger partial charge in [-0.15, -0.1) is 0 Å². The summed E-state index contributed by atoms with van der Waals surface area (Å²) in [6, 6.07) is 7.96. The Morgan fingerprint density at radius 3 is 2.32 bits per heavy atom. The van der Waals surface area contributed by atoms with Crippen molar-refractivity contribution in [2.75, 3.05) is 31.7 Å². The summed E-state index contributed by atoms with van der Waals surface area (Å²) in [6.07, 6.45) is 1.22. The van der Waals surface area contributed by atoms with Crippen molar-refractivity contribution in [2.24, 2.45) is 11.8 Å². The number of anilines is 1. The van der Waals surface area contributed by atoms with Gasteiger partial charge in [-0.1, -0.05) is 26.0 Å². The molecule has 34 heavy (non-hydrogen) atoms. The maximum Gasteiger partial charge on any atom is 0.336 e. The van der Waals surface area contributed by atoms with Crippen LogP contribution in [0.5, 0.6) is 0 Å². The molecule has 1 aromatic carbocycles. The number of rotatable bonds is 8. The number of ether oxygens (including phenoxy) is 2. The first kappa shape index (κ1) is 25.5. The van der Waals surface area contributed by atoms with Gasteiger partial charge in [0.2, 0.25) is 0 Å². The summed E-state index contributed by atoms with van der Waals surface area (Å²) in [5.74, 6) is -3.00. The summed E-state index contributed by atoms with van der Waals surface area (Å²) in [5, 5.41) is 3.29. The maximum absolute atomic E-state index is 13.7. The Labute approximate surface area is 202 Å². The molecule has 0 saturated carbocycles. The number of nitrogens with zero attached hydrogens (tertiary/aromatic N) is 1. The summed E-state index contributed by atoms with van der Waals surface area (Å²) >= 11 is 0. The number of allylic oxidation sites excluding steroid dienone is 3. The fraction of sp³-hybridized carbons (Fsp3) is 0.519. The van der Waals surface area contributed by atoms with Crippen LogP contribution in [0.1, 0.15) is 58.9 Å². The number of esters is 2. The van der Waals surface area contributed by atoms with Gasteiger partial charge in [0.15, 0.2) is 5.78 Å². The van der Waals surface area contributed by atoms with Gasteiger partial charge in [0.1, 0.15) is 5.92 Å². The predicted molar refractivity (Wildman–Crippen MR) is 131 cm³/mol. The van der Waals surface area contributed by atoms with Crippen LogP contribution in [-0.4, -0.2) is 44.5 Å². The highest BCUT2D eigenvalue weighted by molar-refractivity contribution is 6.12. The standard InChI is InChI=1S/C27H36N2O5/c1-7-14-34-27(32)22-17(5)28-20-15-16(4)21(26(31)33-6)25(30)24(20)23(22)18-10-12-19(13-11-18)29(8-2)9-3/h10-13,16,21,23,28H,7-9,14-15H2,1-6H3/t16-,21-,23-/m1/s1. The highest BCUT2D eigenvalue weighted by Crippen LogP contribution is 2.45. The molecule has 3 atom stereocenters. The lowest BCUT2D eigenvalue weighted by atomic mass is 9.69. The van der Waals surface area contributed by atoms with Crippen molar-refractivity contribution in [2.45, 2.75) is 53.4 Å².